The summed E-state index contributed by atoms with van der Waals surface area (Å²) in [5.41, 5.74) is 12.3. The molecule has 0 unspecified atom stereocenters. The van der Waals surface area contributed by atoms with Crippen molar-refractivity contribution in [2.45, 2.75) is 6.42 Å². The SMILES string of the molecule is COCCCN=C(N)NNc1ccccc1. The van der Waals surface area contributed by atoms with Gasteiger partial charge in [-0.15, -0.1) is 0 Å². The molecule has 0 saturated carbocycles. The maximum absolute atomic E-state index is 5.64. The third-order valence-corrected chi connectivity index (χ3v) is 1.90. The highest BCUT2D eigenvalue weighted by Crippen LogP contribution is 2.01. The maximum Gasteiger partial charge on any atom is 0.207 e. The molecule has 0 heterocycles. The zero-order valence-electron chi connectivity index (χ0n) is 9.44. The number of methoxy groups -OCH3 is 1. The quantitative estimate of drug-likeness (QED) is 0.290. The first kappa shape index (κ1) is 12.3. The molecular formula is C11H18N4O. The third-order valence-electron chi connectivity index (χ3n) is 1.90. The summed E-state index contributed by atoms with van der Waals surface area (Å²) >= 11 is 0. The summed E-state index contributed by atoms with van der Waals surface area (Å²) in [5.74, 6) is 0.375. The van der Waals surface area contributed by atoms with Crippen LogP contribution in [0.4, 0.5) is 5.69 Å². The fraction of sp³-hybridized carbons (Fsp3) is 0.364. The number of nitrogens with zero attached hydrogens (tertiary/aromatic N) is 1. The summed E-state index contributed by atoms with van der Waals surface area (Å²) in [6, 6.07) is 9.70. The van der Waals surface area contributed by atoms with Crippen molar-refractivity contribution >= 4 is 11.6 Å². The van der Waals surface area contributed by atoms with E-state index < -0.39 is 0 Å². The number of hydrogen-bond donors (Lipinski definition) is 3. The average molecular weight is 222 g/mol. The van der Waals surface area contributed by atoms with E-state index in [0.717, 1.165) is 12.1 Å². The first-order valence-electron chi connectivity index (χ1n) is 5.19. The van der Waals surface area contributed by atoms with E-state index in [4.69, 9.17) is 10.5 Å². The van der Waals surface area contributed by atoms with Crippen LogP contribution in [-0.4, -0.2) is 26.2 Å². The highest BCUT2D eigenvalue weighted by molar-refractivity contribution is 5.79. The van der Waals surface area contributed by atoms with Gasteiger partial charge in [0.2, 0.25) is 5.96 Å². The van der Waals surface area contributed by atoms with Crippen molar-refractivity contribution < 1.29 is 4.74 Å². The molecule has 0 spiro atoms. The monoisotopic (exact) mass is 222 g/mol. The molecule has 0 aliphatic carbocycles. The summed E-state index contributed by atoms with van der Waals surface area (Å²) in [4.78, 5) is 4.12. The van der Waals surface area contributed by atoms with Crippen LogP contribution >= 0.6 is 0 Å². The summed E-state index contributed by atoms with van der Waals surface area (Å²) in [6.45, 7) is 1.35. The van der Waals surface area contributed by atoms with Crippen LogP contribution in [0.3, 0.4) is 0 Å². The van der Waals surface area contributed by atoms with E-state index in [9.17, 15) is 0 Å². The molecule has 0 aliphatic rings. The van der Waals surface area contributed by atoms with Gasteiger partial charge in [0.1, 0.15) is 0 Å². The molecule has 88 valence electrons. The second-order valence-electron chi connectivity index (χ2n) is 3.23. The Balaban J connectivity index is 2.21. The smallest absolute Gasteiger partial charge is 0.207 e. The van der Waals surface area contributed by atoms with Crippen molar-refractivity contribution in [1.82, 2.24) is 5.43 Å². The Morgan fingerprint density at radius 2 is 2.12 bits per heavy atom. The van der Waals surface area contributed by atoms with Crippen LogP contribution in [0.2, 0.25) is 0 Å². The number of benzene rings is 1. The number of guanidine groups is 1. The van der Waals surface area contributed by atoms with Crippen LogP contribution < -0.4 is 16.6 Å². The van der Waals surface area contributed by atoms with Gasteiger partial charge in [0.05, 0.1) is 5.69 Å². The van der Waals surface area contributed by atoms with Crippen LogP contribution in [0.25, 0.3) is 0 Å². The molecule has 1 aromatic carbocycles. The topological polar surface area (TPSA) is 71.7 Å². The Bertz CT molecular complexity index is 313. The molecule has 0 amide bonds. The van der Waals surface area contributed by atoms with Gasteiger partial charge in [0.15, 0.2) is 0 Å². The molecule has 5 heteroatoms. The van der Waals surface area contributed by atoms with Crippen molar-refractivity contribution in [2.75, 3.05) is 25.7 Å². The molecule has 5 nitrogen and oxygen atoms in total. The normalized spacial score (nSPS) is 11.2. The first-order chi connectivity index (χ1) is 7.83. The minimum Gasteiger partial charge on any atom is -0.385 e. The van der Waals surface area contributed by atoms with Gasteiger partial charge in [-0.3, -0.25) is 15.8 Å². The number of nitrogens with two attached hydrogens (primary N) is 1. The van der Waals surface area contributed by atoms with Crippen molar-refractivity contribution in [3.63, 3.8) is 0 Å². The van der Waals surface area contributed by atoms with Gasteiger partial charge in [-0.25, -0.2) is 0 Å². The average Bonchev–Trinajstić information content (AvgIpc) is 2.33. The van der Waals surface area contributed by atoms with Gasteiger partial charge >= 0.3 is 0 Å². The highest BCUT2D eigenvalue weighted by Gasteiger charge is 1.91. The number of ether oxygens (including phenoxy) is 1. The van der Waals surface area contributed by atoms with Gasteiger partial charge in [-0.2, -0.15) is 0 Å². The Morgan fingerprint density at radius 1 is 1.38 bits per heavy atom. The Hall–Kier alpha value is -1.75. The Kier molecular flexibility index (Phi) is 5.80. The molecule has 0 fully saturated rings. The maximum atomic E-state index is 5.64. The van der Waals surface area contributed by atoms with Crippen LogP contribution in [0.15, 0.2) is 35.3 Å². The zero-order chi connectivity index (χ0) is 11.6. The van der Waals surface area contributed by atoms with Gasteiger partial charge < -0.3 is 10.5 Å². The molecule has 0 aromatic heterocycles. The highest BCUT2D eigenvalue weighted by atomic mass is 16.5. The Morgan fingerprint density at radius 3 is 2.81 bits per heavy atom. The molecule has 0 atom stereocenters. The fourth-order valence-electron chi connectivity index (χ4n) is 1.11. The van der Waals surface area contributed by atoms with Crippen molar-refractivity contribution in [1.29, 1.82) is 0 Å². The number of para-hydroxylation sites is 1. The van der Waals surface area contributed by atoms with Crippen molar-refractivity contribution in [3.05, 3.63) is 30.3 Å². The summed E-state index contributed by atoms with van der Waals surface area (Å²) < 4.78 is 4.91. The molecular weight excluding hydrogens is 204 g/mol. The number of aliphatic imine (C=N–C) groups is 1. The molecule has 0 saturated heterocycles. The second kappa shape index (κ2) is 7.53. The number of hydrazine groups is 1. The van der Waals surface area contributed by atoms with Crippen molar-refractivity contribution in [3.8, 4) is 0 Å². The number of hydrogen-bond acceptors (Lipinski definition) is 3. The van der Waals surface area contributed by atoms with E-state index >= 15 is 0 Å². The molecule has 1 rings (SSSR count). The molecule has 1 aromatic rings. The minimum atomic E-state index is 0.375. The first-order valence-corrected chi connectivity index (χ1v) is 5.19. The second-order valence-corrected chi connectivity index (χ2v) is 3.23. The van der Waals surface area contributed by atoms with Crippen LogP contribution in [0, 0.1) is 0 Å². The predicted molar refractivity (Wildman–Crippen MR) is 66.2 cm³/mol. The van der Waals surface area contributed by atoms with E-state index in [0.29, 0.717) is 19.1 Å². The number of nitrogens with one attached hydrogen (secondary N) is 2. The van der Waals surface area contributed by atoms with Gasteiger partial charge in [0, 0.05) is 20.3 Å². The summed E-state index contributed by atoms with van der Waals surface area (Å²) in [5, 5.41) is 0. The lowest BCUT2D eigenvalue weighted by molar-refractivity contribution is 0.197. The summed E-state index contributed by atoms with van der Waals surface area (Å²) in [7, 11) is 1.67. The van der Waals surface area contributed by atoms with Gasteiger partial charge in [0.25, 0.3) is 0 Å². The minimum absolute atomic E-state index is 0.375. The predicted octanol–water partition coefficient (Wildman–Crippen LogP) is 0.954. The molecule has 0 radical (unpaired) electrons. The molecule has 0 bridgehead atoms. The Labute approximate surface area is 95.7 Å². The van der Waals surface area contributed by atoms with E-state index in [2.05, 4.69) is 15.8 Å². The lowest BCUT2D eigenvalue weighted by atomic mass is 10.3. The van der Waals surface area contributed by atoms with Crippen LogP contribution in [0.5, 0.6) is 0 Å². The zero-order valence-corrected chi connectivity index (χ0v) is 9.44. The lowest BCUT2D eigenvalue weighted by Crippen LogP contribution is -2.36. The standard InChI is InChI=1S/C11H18N4O/c1-16-9-5-8-13-11(12)15-14-10-6-3-2-4-7-10/h2-4,6-7,14H,5,8-9H2,1H3,(H3,12,13,15). The summed E-state index contributed by atoms with van der Waals surface area (Å²) in [6.07, 6.45) is 0.865. The van der Waals surface area contributed by atoms with E-state index in [1.807, 2.05) is 30.3 Å². The van der Waals surface area contributed by atoms with E-state index in [1.54, 1.807) is 7.11 Å². The third kappa shape index (κ3) is 5.21. The van der Waals surface area contributed by atoms with Gasteiger partial charge in [-0.05, 0) is 18.6 Å². The van der Waals surface area contributed by atoms with E-state index in [-0.39, 0.29) is 0 Å². The lowest BCUT2D eigenvalue weighted by Gasteiger charge is -2.08. The number of anilines is 1. The largest absolute Gasteiger partial charge is 0.385 e. The van der Waals surface area contributed by atoms with Gasteiger partial charge in [-0.1, -0.05) is 18.2 Å². The molecule has 16 heavy (non-hydrogen) atoms. The molecule has 0 aliphatic heterocycles. The van der Waals surface area contributed by atoms with Crippen LogP contribution in [0.1, 0.15) is 6.42 Å². The fourth-order valence-corrected chi connectivity index (χ4v) is 1.11. The van der Waals surface area contributed by atoms with E-state index in [1.165, 1.54) is 0 Å². The van der Waals surface area contributed by atoms with Crippen molar-refractivity contribution in [2.24, 2.45) is 10.7 Å². The number of rotatable bonds is 6. The molecule has 4 N–H and O–H groups in total. The van der Waals surface area contributed by atoms with Crippen LogP contribution in [-0.2, 0) is 4.74 Å².